The van der Waals surface area contributed by atoms with E-state index in [0.29, 0.717) is 24.2 Å². The van der Waals surface area contributed by atoms with Crippen molar-refractivity contribution in [2.24, 2.45) is 0 Å². The smallest absolute Gasteiger partial charge is 0.254 e. The minimum atomic E-state index is -0.540. The molecular weight excluding hydrogens is 302 g/mol. The van der Waals surface area contributed by atoms with Crippen LogP contribution >= 0.6 is 24.0 Å². The summed E-state index contributed by atoms with van der Waals surface area (Å²) in [6.45, 7) is 1.44. The Morgan fingerprint density at radius 2 is 2.05 bits per heavy atom. The molecule has 2 unspecified atom stereocenters. The SMILES string of the molecule is Cl.O=C(c1ccc(Cl)c(F)c1)N1CCC2CCC(C1)N2. The average molecular weight is 319 g/mol. The van der Waals surface area contributed by atoms with Gasteiger partial charge in [-0.25, -0.2) is 4.39 Å². The van der Waals surface area contributed by atoms with Crippen LogP contribution in [-0.4, -0.2) is 36.0 Å². The van der Waals surface area contributed by atoms with Gasteiger partial charge in [-0.2, -0.15) is 0 Å². The first-order valence-electron chi connectivity index (χ1n) is 6.64. The topological polar surface area (TPSA) is 32.3 Å². The van der Waals surface area contributed by atoms with Crippen molar-refractivity contribution in [2.75, 3.05) is 13.1 Å². The van der Waals surface area contributed by atoms with Crippen LogP contribution in [0.15, 0.2) is 18.2 Å². The number of carbonyl (C=O) groups excluding carboxylic acids is 1. The number of hydrogen-bond acceptors (Lipinski definition) is 2. The number of carbonyl (C=O) groups is 1. The van der Waals surface area contributed by atoms with Crippen molar-refractivity contribution < 1.29 is 9.18 Å². The lowest BCUT2D eigenvalue weighted by atomic mass is 10.1. The number of nitrogens with zero attached hydrogens (tertiary/aromatic N) is 1. The molecular formula is C14H17Cl2FN2O. The molecule has 2 saturated heterocycles. The molecule has 0 aromatic heterocycles. The Labute approximate surface area is 128 Å². The molecule has 3 nitrogen and oxygen atoms in total. The van der Waals surface area contributed by atoms with E-state index in [1.54, 1.807) is 6.07 Å². The van der Waals surface area contributed by atoms with Gasteiger partial charge in [-0.1, -0.05) is 11.6 Å². The zero-order chi connectivity index (χ0) is 13.4. The largest absolute Gasteiger partial charge is 0.337 e. The second kappa shape index (κ2) is 6.29. The Morgan fingerprint density at radius 3 is 2.80 bits per heavy atom. The maximum atomic E-state index is 13.4. The van der Waals surface area contributed by atoms with E-state index < -0.39 is 5.82 Å². The summed E-state index contributed by atoms with van der Waals surface area (Å²) < 4.78 is 13.4. The molecule has 110 valence electrons. The molecule has 1 aromatic rings. The van der Waals surface area contributed by atoms with Gasteiger partial charge in [0.1, 0.15) is 5.82 Å². The van der Waals surface area contributed by atoms with Gasteiger partial charge in [0.2, 0.25) is 0 Å². The minimum absolute atomic E-state index is 0. The fraction of sp³-hybridized carbons (Fsp3) is 0.500. The third-order valence-electron chi connectivity index (χ3n) is 3.98. The number of likely N-dealkylation sites (tertiary alicyclic amines) is 1. The molecule has 0 aliphatic carbocycles. The summed E-state index contributed by atoms with van der Waals surface area (Å²) in [7, 11) is 0. The fourth-order valence-electron chi connectivity index (χ4n) is 2.94. The zero-order valence-electron chi connectivity index (χ0n) is 10.9. The summed E-state index contributed by atoms with van der Waals surface area (Å²) in [5.41, 5.74) is 0.375. The van der Waals surface area contributed by atoms with Crippen LogP contribution < -0.4 is 5.32 Å². The Hall–Kier alpha value is -0.840. The van der Waals surface area contributed by atoms with Crippen molar-refractivity contribution in [3.8, 4) is 0 Å². The summed E-state index contributed by atoms with van der Waals surface area (Å²) in [4.78, 5) is 14.2. The highest BCUT2D eigenvalue weighted by Crippen LogP contribution is 2.22. The lowest BCUT2D eigenvalue weighted by Crippen LogP contribution is -2.39. The van der Waals surface area contributed by atoms with E-state index in [1.165, 1.54) is 18.6 Å². The van der Waals surface area contributed by atoms with Crippen LogP contribution in [0.5, 0.6) is 0 Å². The zero-order valence-corrected chi connectivity index (χ0v) is 12.5. The lowest BCUT2D eigenvalue weighted by molar-refractivity contribution is 0.0747. The molecule has 2 bridgehead atoms. The van der Waals surface area contributed by atoms with Crippen LogP contribution in [0, 0.1) is 5.82 Å². The standard InChI is InChI=1S/C14H16ClFN2O.ClH/c15-12-4-1-9(7-13(12)16)14(19)18-6-5-10-2-3-11(8-18)17-10;/h1,4,7,10-11,17H,2-3,5-6,8H2;1H. The van der Waals surface area contributed by atoms with E-state index in [0.717, 1.165) is 19.4 Å². The second-order valence-electron chi connectivity index (χ2n) is 5.31. The van der Waals surface area contributed by atoms with E-state index in [1.807, 2.05) is 4.90 Å². The number of fused-ring (bicyclic) bond motifs is 2. The van der Waals surface area contributed by atoms with Crippen LogP contribution in [0.2, 0.25) is 5.02 Å². The first-order chi connectivity index (χ1) is 9.13. The van der Waals surface area contributed by atoms with Gasteiger partial charge < -0.3 is 10.2 Å². The predicted molar refractivity (Wildman–Crippen MR) is 79.1 cm³/mol. The fourth-order valence-corrected chi connectivity index (χ4v) is 3.06. The molecule has 2 aliphatic rings. The van der Waals surface area contributed by atoms with Crippen LogP contribution in [0.3, 0.4) is 0 Å². The van der Waals surface area contributed by atoms with E-state index in [2.05, 4.69) is 5.32 Å². The third kappa shape index (κ3) is 3.08. The Bertz CT molecular complexity index is 512. The molecule has 2 heterocycles. The van der Waals surface area contributed by atoms with Gasteiger partial charge in [-0.15, -0.1) is 12.4 Å². The molecule has 2 atom stereocenters. The maximum absolute atomic E-state index is 13.4. The van der Waals surface area contributed by atoms with Gasteiger partial charge in [0, 0.05) is 30.7 Å². The molecule has 1 aromatic carbocycles. The van der Waals surface area contributed by atoms with Crippen molar-refractivity contribution in [1.82, 2.24) is 10.2 Å². The minimum Gasteiger partial charge on any atom is -0.337 e. The number of rotatable bonds is 1. The summed E-state index contributed by atoms with van der Waals surface area (Å²) in [6, 6.07) is 5.16. The summed E-state index contributed by atoms with van der Waals surface area (Å²) in [6.07, 6.45) is 3.28. The highest BCUT2D eigenvalue weighted by Gasteiger charge is 2.31. The molecule has 3 rings (SSSR count). The van der Waals surface area contributed by atoms with Gasteiger partial charge in [0.05, 0.1) is 5.02 Å². The van der Waals surface area contributed by atoms with Gasteiger partial charge in [0.15, 0.2) is 0 Å². The first-order valence-corrected chi connectivity index (χ1v) is 7.01. The molecule has 6 heteroatoms. The van der Waals surface area contributed by atoms with Crippen molar-refractivity contribution in [3.63, 3.8) is 0 Å². The monoisotopic (exact) mass is 318 g/mol. The normalized spacial score (nSPS) is 25.0. The lowest BCUT2D eigenvalue weighted by Gasteiger charge is -2.24. The molecule has 0 saturated carbocycles. The van der Waals surface area contributed by atoms with E-state index in [-0.39, 0.29) is 23.3 Å². The first kappa shape index (κ1) is 15.5. The van der Waals surface area contributed by atoms with E-state index in [4.69, 9.17) is 11.6 Å². The molecule has 0 radical (unpaired) electrons. The molecule has 20 heavy (non-hydrogen) atoms. The number of halogens is 3. The van der Waals surface area contributed by atoms with E-state index >= 15 is 0 Å². The van der Waals surface area contributed by atoms with Crippen LogP contribution in [-0.2, 0) is 0 Å². The highest BCUT2D eigenvalue weighted by atomic mass is 35.5. The van der Waals surface area contributed by atoms with Gasteiger partial charge in [-0.05, 0) is 37.5 Å². The number of nitrogens with one attached hydrogen (secondary N) is 1. The quantitative estimate of drug-likeness (QED) is 0.863. The van der Waals surface area contributed by atoms with Crippen LogP contribution in [0.4, 0.5) is 4.39 Å². The van der Waals surface area contributed by atoms with Gasteiger partial charge in [0.25, 0.3) is 5.91 Å². The summed E-state index contributed by atoms with van der Waals surface area (Å²) in [5.74, 6) is -0.646. The van der Waals surface area contributed by atoms with Crippen LogP contribution in [0.25, 0.3) is 0 Å². The Kier molecular flexibility index (Phi) is 4.89. The average Bonchev–Trinajstić information content (AvgIpc) is 2.72. The molecule has 1 N–H and O–H groups in total. The second-order valence-corrected chi connectivity index (χ2v) is 5.71. The molecule has 0 spiro atoms. The third-order valence-corrected chi connectivity index (χ3v) is 4.28. The van der Waals surface area contributed by atoms with Crippen molar-refractivity contribution in [1.29, 1.82) is 0 Å². The number of amides is 1. The van der Waals surface area contributed by atoms with E-state index in [9.17, 15) is 9.18 Å². The summed E-state index contributed by atoms with van der Waals surface area (Å²) >= 11 is 5.64. The Morgan fingerprint density at radius 1 is 1.30 bits per heavy atom. The number of hydrogen-bond donors (Lipinski definition) is 1. The van der Waals surface area contributed by atoms with Crippen molar-refractivity contribution in [3.05, 3.63) is 34.6 Å². The van der Waals surface area contributed by atoms with Crippen molar-refractivity contribution >= 4 is 29.9 Å². The summed E-state index contributed by atoms with van der Waals surface area (Å²) in [5, 5.41) is 3.57. The van der Waals surface area contributed by atoms with Crippen molar-refractivity contribution in [2.45, 2.75) is 31.3 Å². The maximum Gasteiger partial charge on any atom is 0.254 e. The van der Waals surface area contributed by atoms with Gasteiger partial charge in [-0.3, -0.25) is 4.79 Å². The molecule has 2 fully saturated rings. The van der Waals surface area contributed by atoms with Crippen LogP contribution in [0.1, 0.15) is 29.6 Å². The predicted octanol–water partition coefficient (Wildman–Crippen LogP) is 2.87. The highest BCUT2D eigenvalue weighted by molar-refractivity contribution is 6.30. The Balaban J connectivity index is 0.00000147. The number of benzene rings is 1. The van der Waals surface area contributed by atoms with Gasteiger partial charge >= 0.3 is 0 Å². The molecule has 2 aliphatic heterocycles. The molecule has 1 amide bonds.